The highest BCUT2D eigenvalue weighted by Crippen LogP contribution is 2.49. The molecule has 10 heteroatoms. The molecular formula is C28H41F2N7O. The lowest BCUT2D eigenvalue weighted by molar-refractivity contribution is -0.128. The van der Waals surface area contributed by atoms with Crippen LogP contribution in [0.15, 0.2) is 51.0 Å². The van der Waals surface area contributed by atoms with Gasteiger partial charge in [0.15, 0.2) is 0 Å². The topological polar surface area (TPSA) is 110 Å². The molecule has 0 aromatic rings. The van der Waals surface area contributed by atoms with E-state index in [9.17, 15) is 19.0 Å². The smallest absolute Gasteiger partial charge is 0.248 e. The van der Waals surface area contributed by atoms with E-state index in [4.69, 9.17) is 5.73 Å². The summed E-state index contributed by atoms with van der Waals surface area (Å²) in [6, 6.07) is 0.318. The van der Waals surface area contributed by atoms with Crippen molar-refractivity contribution in [1.82, 2.24) is 20.4 Å². The van der Waals surface area contributed by atoms with Crippen molar-refractivity contribution in [3.05, 3.63) is 46.0 Å². The predicted molar refractivity (Wildman–Crippen MR) is 147 cm³/mol. The van der Waals surface area contributed by atoms with Crippen molar-refractivity contribution in [1.29, 1.82) is 5.41 Å². The second-order valence-electron chi connectivity index (χ2n) is 10.9. The maximum absolute atomic E-state index is 14.7. The van der Waals surface area contributed by atoms with Crippen molar-refractivity contribution < 1.29 is 13.6 Å². The Balaban J connectivity index is 1.73. The van der Waals surface area contributed by atoms with E-state index in [1.54, 1.807) is 25.8 Å². The number of alkyl halides is 2. The Labute approximate surface area is 224 Å². The van der Waals surface area contributed by atoms with Crippen LogP contribution in [0, 0.1) is 10.8 Å². The highest BCUT2D eigenvalue weighted by molar-refractivity contribution is 5.99. The molecule has 0 spiro atoms. The number of carbonyl (C=O) groups is 1. The number of hydrogen-bond donors (Lipinski definition) is 4. The fraction of sp³-hybridized carbons (Fsp3) is 0.607. The van der Waals surface area contributed by atoms with Gasteiger partial charge in [0.05, 0.1) is 12.0 Å². The van der Waals surface area contributed by atoms with E-state index < -0.39 is 11.8 Å². The van der Waals surface area contributed by atoms with E-state index in [-0.39, 0.29) is 12.3 Å². The summed E-state index contributed by atoms with van der Waals surface area (Å²) in [4.78, 5) is 20.0. The average Bonchev–Trinajstić information content (AvgIpc) is 2.91. The molecule has 1 aliphatic carbocycles. The molecule has 0 saturated carbocycles. The highest BCUT2D eigenvalue weighted by Gasteiger charge is 2.45. The molecule has 38 heavy (non-hydrogen) atoms. The van der Waals surface area contributed by atoms with Gasteiger partial charge in [-0.05, 0) is 56.8 Å². The van der Waals surface area contributed by atoms with Gasteiger partial charge in [-0.1, -0.05) is 6.08 Å². The summed E-state index contributed by atoms with van der Waals surface area (Å²) in [6.07, 6.45) is 6.40. The van der Waals surface area contributed by atoms with Gasteiger partial charge in [-0.3, -0.25) is 15.2 Å². The van der Waals surface area contributed by atoms with Crippen LogP contribution in [0.5, 0.6) is 0 Å². The minimum atomic E-state index is -2.62. The van der Waals surface area contributed by atoms with E-state index in [0.717, 1.165) is 61.3 Å². The van der Waals surface area contributed by atoms with Crippen LogP contribution < -0.4 is 16.4 Å². The number of halogens is 2. The number of amidine groups is 1. The van der Waals surface area contributed by atoms with Crippen LogP contribution in [-0.2, 0) is 4.79 Å². The zero-order chi connectivity index (χ0) is 27.4. The average molecular weight is 530 g/mol. The normalized spacial score (nSPS) is 25.7. The molecule has 0 aromatic heterocycles. The maximum Gasteiger partial charge on any atom is 0.248 e. The molecule has 208 valence electrons. The summed E-state index contributed by atoms with van der Waals surface area (Å²) in [7, 11) is 1.60. The zero-order valence-corrected chi connectivity index (χ0v) is 22.7. The van der Waals surface area contributed by atoms with E-state index >= 15 is 0 Å². The molecule has 0 bridgehead atoms. The van der Waals surface area contributed by atoms with Crippen molar-refractivity contribution in [2.24, 2.45) is 16.1 Å². The molecule has 1 amide bonds. The van der Waals surface area contributed by atoms with Gasteiger partial charge >= 0.3 is 0 Å². The van der Waals surface area contributed by atoms with E-state index in [0.29, 0.717) is 49.1 Å². The Kier molecular flexibility index (Phi) is 8.70. The first-order valence-corrected chi connectivity index (χ1v) is 13.6. The molecule has 5 N–H and O–H groups in total. The van der Waals surface area contributed by atoms with Gasteiger partial charge in [-0.25, -0.2) is 8.78 Å². The molecule has 0 aromatic carbocycles. The number of amides is 1. The molecule has 1 atom stereocenters. The van der Waals surface area contributed by atoms with Gasteiger partial charge < -0.3 is 26.2 Å². The fourth-order valence-corrected chi connectivity index (χ4v) is 6.01. The number of piperidine rings is 1. The van der Waals surface area contributed by atoms with Crippen molar-refractivity contribution in [2.45, 2.75) is 64.8 Å². The number of hydrogen-bond acceptors (Lipinski definition) is 6. The minimum absolute atomic E-state index is 0.0241. The van der Waals surface area contributed by atoms with E-state index in [1.165, 1.54) is 12.4 Å². The first-order chi connectivity index (χ1) is 18.2. The summed E-state index contributed by atoms with van der Waals surface area (Å²) in [5.41, 5.74) is 8.87. The van der Waals surface area contributed by atoms with E-state index in [1.807, 2.05) is 11.0 Å². The summed E-state index contributed by atoms with van der Waals surface area (Å²) in [5, 5.41) is 16.4. The molecule has 1 fully saturated rings. The van der Waals surface area contributed by atoms with Gasteiger partial charge in [0, 0.05) is 80.9 Å². The van der Waals surface area contributed by atoms with Crippen molar-refractivity contribution in [3.8, 4) is 0 Å². The number of nitrogens with two attached hydrogens (primary N) is 1. The number of nitrogens with zero attached hydrogens (tertiary/aromatic N) is 3. The van der Waals surface area contributed by atoms with E-state index in [2.05, 4.69) is 15.6 Å². The summed E-state index contributed by atoms with van der Waals surface area (Å²) in [5.74, 6) is 0.279. The van der Waals surface area contributed by atoms with Gasteiger partial charge in [0.2, 0.25) is 12.3 Å². The monoisotopic (exact) mass is 529 g/mol. The van der Waals surface area contributed by atoms with Crippen LogP contribution >= 0.6 is 0 Å². The van der Waals surface area contributed by atoms with Crippen molar-refractivity contribution >= 4 is 18.0 Å². The van der Waals surface area contributed by atoms with Gasteiger partial charge in [-0.15, -0.1) is 0 Å². The first-order valence-electron chi connectivity index (χ1n) is 13.6. The molecule has 0 radical (unpaired) electrons. The first kappa shape index (κ1) is 28.0. The van der Waals surface area contributed by atoms with Gasteiger partial charge in [0.25, 0.3) is 0 Å². The Morgan fingerprint density at radius 1 is 1.32 bits per heavy atom. The Morgan fingerprint density at radius 3 is 2.68 bits per heavy atom. The van der Waals surface area contributed by atoms with Gasteiger partial charge in [-0.2, -0.15) is 0 Å². The standard InChI is InChI=1S/C28H41F2N7O/c1-18(38)36-12-8-24(35-21-6-9-34-10-7-21)22(17-36)26(32)37-11-4-5-19-13-23(20(15-31)16-33-3)28(2,27(29)30)14-25(19)37/h13,15-16,21,27,32,34-35H,4-12,14,17,31H2,1-3H3. The summed E-state index contributed by atoms with van der Waals surface area (Å²) in [6.45, 7) is 6.55. The molecule has 4 rings (SSSR count). The lowest BCUT2D eigenvalue weighted by Crippen LogP contribution is -2.48. The number of rotatable bonds is 6. The molecular weight excluding hydrogens is 488 g/mol. The lowest BCUT2D eigenvalue weighted by atomic mass is 9.69. The van der Waals surface area contributed by atoms with Crippen LogP contribution in [0.4, 0.5) is 8.78 Å². The number of carbonyl (C=O) groups excluding carboxylic acids is 1. The molecule has 8 nitrogen and oxygen atoms in total. The van der Waals surface area contributed by atoms with Crippen LogP contribution in [-0.4, -0.2) is 80.0 Å². The van der Waals surface area contributed by atoms with Gasteiger partial charge in [0.1, 0.15) is 5.84 Å². The molecule has 1 saturated heterocycles. The number of aliphatic imine (C=N–C) groups is 1. The second-order valence-corrected chi connectivity index (χ2v) is 10.9. The minimum Gasteiger partial charge on any atom is -0.404 e. The largest absolute Gasteiger partial charge is 0.404 e. The Hall–Kier alpha value is -3.01. The van der Waals surface area contributed by atoms with Crippen LogP contribution in [0.25, 0.3) is 0 Å². The Morgan fingerprint density at radius 2 is 2.05 bits per heavy atom. The van der Waals surface area contributed by atoms with Crippen LogP contribution in [0.1, 0.15) is 52.4 Å². The molecule has 1 unspecified atom stereocenters. The number of allylic oxidation sites excluding steroid dienone is 5. The zero-order valence-electron chi connectivity index (χ0n) is 22.7. The predicted octanol–water partition coefficient (Wildman–Crippen LogP) is 3.31. The van der Waals surface area contributed by atoms with Crippen molar-refractivity contribution in [2.75, 3.05) is 39.8 Å². The Bertz CT molecular complexity index is 1100. The highest BCUT2D eigenvalue weighted by atomic mass is 19.3. The van der Waals surface area contributed by atoms with Crippen molar-refractivity contribution in [3.63, 3.8) is 0 Å². The maximum atomic E-state index is 14.7. The lowest BCUT2D eigenvalue weighted by Gasteiger charge is -2.44. The molecule has 4 aliphatic rings. The third-order valence-electron chi connectivity index (χ3n) is 8.30. The number of nitrogens with one attached hydrogen (secondary N) is 3. The molecule has 3 aliphatic heterocycles. The third kappa shape index (κ3) is 5.55. The van der Waals surface area contributed by atoms with Crippen LogP contribution in [0.2, 0.25) is 0 Å². The fourth-order valence-electron chi connectivity index (χ4n) is 6.01. The second kappa shape index (κ2) is 11.8. The summed E-state index contributed by atoms with van der Waals surface area (Å²) < 4.78 is 29.4. The third-order valence-corrected chi connectivity index (χ3v) is 8.30. The SMILES string of the molecule is CN=CC(=CN)C1=CC2=C(CC1(C)C(F)F)N(C(=N)C1=C(NC3CCNCC3)CCN(C(C)=O)C1)CCC2. The summed E-state index contributed by atoms with van der Waals surface area (Å²) >= 11 is 0. The van der Waals surface area contributed by atoms with Crippen LogP contribution in [0.3, 0.4) is 0 Å². The quantitative estimate of drug-likeness (QED) is 0.312. The molecule has 3 heterocycles.